The van der Waals surface area contributed by atoms with E-state index in [0.717, 1.165) is 5.56 Å². The highest BCUT2D eigenvalue weighted by Crippen LogP contribution is 2.24. The van der Waals surface area contributed by atoms with Gasteiger partial charge in [-0.2, -0.15) is 0 Å². The molecule has 104 valence electrons. The highest BCUT2D eigenvalue weighted by molar-refractivity contribution is 9.10. The summed E-state index contributed by atoms with van der Waals surface area (Å²) in [4.78, 5) is 15.8. The molecule has 0 aliphatic rings. The molecule has 3 N–H and O–H groups in total. The molecule has 0 saturated carbocycles. The number of nitrogens with one attached hydrogen (secondary N) is 1. The smallest absolute Gasteiger partial charge is 0.255 e. The molecule has 0 bridgehead atoms. The summed E-state index contributed by atoms with van der Waals surface area (Å²) < 4.78 is 13.8. The van der Waals surface area contributed by atoms with Crippen molar-refractivity contribution < 1.29 is 9.18 Å². The molecule has 0 aliphatic carbocycles. The summed E-state index contributed by atoms with van der Waals surface area (Å²) in [5.41, 5.74) is 6.88. The van der Waals surface area contributed by atoms with Crippen molar-refractivity contribution in [1.29, 1.82) is 0 Å². The number of pyridine rings is 1. The van der Waals surface area contributed by atoms with Gasteiger partial charge >= 0.3 is 0 Å². The molecule has 0 atom stereocenters. The Morgan fingerprint density at radius 2 is 2.10 bits per heavy atom. The molecule has 0 radical (unpaired) electrons. The van der Waals surface area contributed by atoms with Crippen LogP contribution in [0.1, 0.15) is 15.9 Å². The maximum atomic E-state index is 13.5. The molecule has 1 aromatic carbocycles. The number of halogens is 3. The number of benzene rings is 1. The van der Waals surface area contributed by atoms with Gasteiger partial charge < -0.3 is 11.1 Å². The molecule has 7 heteroatoms. The molecule has 4 nitrogen and oxygen atoms in total. The Labute approximate surface area is 128 Å². The van der Waals surface area contributed by atoms with Gasteiger partial charge in [0.25, 0.3) is 5.91 Å². The third-order valence-corrected chi connectivity index (χ3v) is 3.39. The maximum Gasteiger partial charge on any atom is 0.255 e. The van der Waals surface area contributed by atoms with E-state index in [1.54, 1.807) is 13.0 Å². The van der Waals surface area contributed by atoms with Crippen LogP contribution in [0.15, 0.2) is 28.7 Å². The lowest BCUT2D eigenvalue weighted by molar-refractivity contribution is 0.102. The van der Waals surface area contributed by atoms with Crippen LogP contribution in [0.4, 0.5) is 15.9 Å². The summed E-state index contributed by atoms with van der Waals surface area (Å²) in [5, 5.41) is 2.73. The van der Waals surface area contributed by atoms with Crippen molar-refractivity contribution in [1.82, 2.24) is 4.98 Å². The highest BCUT2D eigenvalue weighted by Gasteiger charge is 2.12. The lowest BCUT2D eigenvalue weighted by Gasteiger charge is -2.10. The normalized spacial score (nSPS) is 10.4. The van der Waals surface area contributed by atoms with E-state index in [4.69, 9.17) is 17.3 Å². The SMILES string of the molecule is Cc1cc(Br)c(F)cc1NC(=O)c1cc(N)nc(Cl)c1. The number of amides is 1. The number of nitrogens with zero attached hydrogens (tertiary/aromatic N) is 1. The molecule has 2 aromatic rings. The van der Waals surface area contributed by atoms with E-state index in [1.807, 2.05) is 0 Å². The van der Waals surface area contributed by atoms with Gasteiger partial charge in [-0.1, -0.05) is 11.6 Å². The number of hydrogen-bond donors (Lipinski definition) is 2. The predicted octanol–water partition coefficient (Wildman–Crippen LogP) is 3.78. The topological polar surface area (TPSA) is 68.0 Å². The van der Waals surface area contributed by atoms with Crippen LogP contribution in [0.2, 0.25) is 5.15 Å². The first kappa shape index (κ1) is 14.7. The lowest BCUT2D eigenvalue weighted by atomic mass is 10.1. The second kappa shape index (κ2) is 5.76. The van der Waals surface area contributed by atoms with Crippen LogP contribution < -0.4 is 11.1 Å². The van der Waals surface area contributed by atoms with Crippen LogP contribution in [0, 0.1) is 12.7 Å². The van der Waals surface area contributed by atoms with Crippen LogP contribution in [0.3, 0.4) is 0 Å². The first-order valence-electron chi connectivity index (χ1n) is 5.57. The molecular formula is C13H10BrClFN3O. The molecule has 2 rings (SSSR count). The Bertz CT molecular complexity index is 673. The number of aromatic nitrogens is 1. The van der Waals surface area contributed by atoms with E-state index in [9.17, 15) is 9.18 Å². The van der Waals surface area contributed by atoms with Gasteiger partial charge in [-0.05, 0) is 52.7 Å². The van der Waals surface area contributed by atoms with Crippen LogP contribution in [0.5, 0.6) is 0 Å². The van der Waals surface area contributed by atoms with Crippen molar-refractivity contribution in [2.75, 3.05) is 11.1 Å². The molecule has 1 heterocycles. The number of aryl methyl sites for hydroxylation is 1. The zero-order valence-electron chi connectivity index (χ0n) is 10.4. The van der Waals surface area contributed by atoms with Gasteiger partial charge in [0.2, 0.25) is 0 Å². The fraction of sp³-hybridized carbons (Fsp3) is 0.0769. The standard InChI is InChI=1S/C13H10BrClFN3O/c1-6-2-8(14)9(16)5-10(6)18-13(20)7-3-11(15)19-12(17)4-7/h2-5H,1H3,(H2,17,19)(H,18,20). The van der Waals surface area contributed by atoms with Gasteiger partial charge in [0.1, 0.15) is 16.8 Å². The third-order valence-electron chi connectivity index (χ3n) is 2.59. The zero-order valence-corrected chi connectivity index (χ0v) is 12.7. The number of carbonyl (C=O) groups is 1. The largest absolute Gasteiger partial charge is 0.384 e. The Morgan fingerprint density at radius 1 is 1.40 bits per heavy atom. The van der Waals surface area contributed by atoms with Crippen LogP contribution >= 0.6 is 27.5 Å². The summed E-state index contributed by atoms with van der Waals surface area (Å²) >= 11 is 8.82. The van der Waals surface area contributed by atoms with E-state index >= 15 is 0 Å². The van der Waals surface area contributed by atoms with E-state index in [-0.39, 0.29) is 16.5 Å². The maximum absolute atomic E-state index is 13.5. The van der Waals surface area contributed by atoms with Gasteiger partial charge in [0.05, 0.1) is 4.47 Å². The molecule has 20 heavy (non-hydrogen) atoms. The minimum absolute atomic E-state index is 0.119. The average Bonchev–Trinajstić information content (AvgIpc) is 2.34. The summed E-state index contributed by atoms with van der Waals surface area (Å²) in [5.74, 6) is -0.759. The Hall–Kier alpha value is -1.66. The van der Waals surface area contributed by atoms with Gasteiger partial charge in [0, 0.05) is 11.3 Å². The first-order chi connectivity index (χ1) is 9.36. The number of rotatable bonds is 2. The molecule has 0 aliphatic heterocycles. The molecule has 0 spiro atoms. The van der Waals surface area contributed by atoms with Crippen molar-refractivity contribution in [3.05, 3.63) is 50.8 Å². The van der Waals surface area contributed by atoms with Gasteiger partial charge in [-0.25, -0.2) is 9.37 Å². The Balaban J connectivity index is 2.30. The molecule has 0 fully saturated rings. The molecule has 1 aromatic heterocycles. The third kappa shape index (κ3) is 3.26. The Morgan fingerprint density at radius 3 is 2.75 bits per heavy atom. The van der Waals surface area contributed by atoms with Gasteiger partial charge in [-0.3, -0.25) is 4.79 Å². The second-order valence-electron chi connectivity index (χ2n) is 4.14. The van der Waals surface area contributed by atoms with Crippen LogP contribution in [-0.4, -0.2) is 10.9 Å². The first-order valence-corrected chi connectivity index (χ1v) is 6.74. The number of carbonyl (C=O) groups excluding carboxylic acids is 1. The zero-order chi connectivity index (χ0) is 14.9. The van der Waals surface area contributed by atoms with E-state index < -0.39 is 11.7 Å². The molecule has 0 saturated heterocycles. The quantitative estimate of drug-likeness (QED) is 0.803. The summed E-state index contributed by atoms with van der Waals surface area (Å²) in [6.45, 7) is 1.76. The lowest BCUT2D eigenvalue weighted by Crippen LogP contribution is -2.14. The number of anilines is 2. The predicted molar refractivity (Wildman–Crippen MR) is 80.4 cm³/mol. The molecule has 0 unspecified atom stereocenters. The van der Waals surface area contributed by atoms with Gasteiger partial charge in [-0.15, -0.1) is 0 Å². The van der Waals surface area contributed by atoms with Crippen LogP contribution in [0.25, 0.3) is 0 Å². The summed E-state index contributed by atoms with van der Waals surface area (Å²) in [7, 11) is 0. The van der Waals surface area contributed by atoms with Crippen molar-refractivity contribution in [3.8, 4) is 0 Å². The van der Waals surface area contributed by atoms with Crippen LogP contribution in [-0.2, 0) is 0 Å². The average molecular weight is 359 g/mol. The fourth-order valence-corrected chi connectivity index (χ4v) is 2.30. The Kier molecular flexibility index (Phi) is 4.25. The van der Waals surface area contributed by atoms with Crippen molar-refractivity contribution in [2.45, 2.75) is 6.92 Å². The van der Waals surface area contributed by atoms with Crippen molar-refractivity contribution in [3.63, 3.8) is 0 Å². The molecule has 1 amide bonds. The summed E-state index contributed by atoms with van der Waals surface area (Å²) in [6.07, 6.45) is 0. The monoisotopic (exact) mass is 357 g/mol. The van der Waals surface area contributed by atoms with E-state index in [1.165, 1.54) is 18.2 Å². The second-order valence-corrected chi connectivity index (χ2v) is 5.38. The van der Waals surface area contributed by atoms with Crippen molar-refractivity contribution in [2.24, 2.45) is 0 Å². The highest BCUT2D eigenvalue weighted by atomic mass is 79.9. The van der Waals surface area contributed by atoms with Crippen molar-refractivity contribution >= 4 is 44.9 Å². The number of hydrogen-bond acceptors (Lipinski definition) is 3. The van der Waals surface area contributed by atoms with Gasteiger partial charge in [0.15, 0.2) is 0 Å². The van der Waals surface area contributed by atoms with E-state index in [0.29, 0.717) is 10.2 Å². The number of nitrogens with two attached hydrogens (primary N) is 1. The van der Waals surface area contributed by atoms with E-state index in [2.05, 4.69) is 26.2 Å². The fourth-order valence-electron chi connectivity index (χ4n) is 1.62. The minimum atomic E-state index is -0.460. The minimum Gasteiger partial charge on any atom is -0.384 e. The summed E-state index contributed by atoms with van der Waals surface area (Å²) in [6, 6.07) is 5.60. The number of nitrogen functional groups attached to an aromatic ring is 1. The molecular weight excluding hydrogens is 349 g/mol.